The van der Waals surface area contributed by atoms with Gasteiger partial charge in [-0.15, -0.1) is 0 Å². The van der Waals surface area contributed by atoms with Gasteiger partial charge in [-0.2, -0.15) is 5.10 Å². The number of hydrogen-bond donors (Lipinski definition) is 3. The predicted molar refractivity (Wildman–Crippen MR) is 88.2 cm³/mol. The second kappa shape index (κ2) is 7.54. The van der Waals surface area contributed by atoms with Crippen LogP contribution in [-0.2, 0) is 19.4 Å². The number of aromatic nitrogens is 2. The van der Waals surface area contributed by atoms with Crippen LogP contribution in [0.1, 0.15) is 51.4 Å². The average molecular weight is 329 g/mol. The molecule has 7 heteroatoms. The summed E-state index contributed by atoms with van der Waals surface area (Å²) in [6.45, 7) is 3.98. The Balaban J connectivity index is 2.18. The molecule has 0 unspecified atom stereocenters. The van der Waals surface area contributed by atoms with Gasteiger partial charge < -0.3 is 10.4 Å². The lowest BCUT2D eigenvalue weighted by Crippen LogP contribution is -2.32. The zero-order chi connectivity index (χ0) is 17.7. The highest BCUT2D eigenvalue weighted by Gasteiger charge is 2.18. The first-order valence-corrected chi connectivity index (χ1v) is 7.68. The van der Waals surface area contributed by atoms with Crippen molar-refractivity contribution in [3.05, 3.63) is 62.6 Å². The SMILES string of the molecule is CCc1n[nH]c(=O)c(C(=O)NCc2ccc(C(=O)O)cc2)c1CC. The maximum absolute atomic E-state index is 12.4. The number of aromatic carboxylic acids is 1. The topological polar surface area (TPSA) is 112 Å². The molecule has 0 aliphatic rings. The smallest absolute Gasteiger partial charge is 0.335 e. The van der Waals surface area contributed by atoms with Crippen LogP contribution in [-0.4, -0.2) is 27.2 Å². The number of H-pyrrole nitrogens is 1. The van der Waals surface area contributed by atoms with E-state index >= 15 is 0 Å². The number of carbonyl (C=O) groups excluding carboxylic acids is 1. The van der Waals surface area contributed by atoms with E-state index in [2.05, 4.69) is 15.5 Å². The zero-order valence-electron chi connectivity index (χ0n) is 13.5. The van der Waals surface area contributed by atoms with Crippen molar-refractivity contribution in [2.45, 2.75) is 33.2 Å². The molecule has 7 nitrogen and oxygen atoms in total. The number of aryl methyl sites for hydroxylation is 1. The molecule has 126 valence electrons. The number of hydrogen-bond acceptors (Lipinski definition) is 4. The van der Waals surface area contributed by atoms with E-state index in [4.69, 9.17) is 5.11 Å². The van der Waals surface area contributed by atoms with Gasteiger partial charge in [-0.1, -0.05) is 26.0 Å². The Morgan fingerprint density at radius 3 is 2.38 bits per heavy atom. The predicted octanol–water partition coefficient (Wildman–Crippen LogP) is 1.52. The standard InChI is InChI=1S/C17H19N3O4/c1-3-12-13(4-2)19-20-16(22)14(12)15(21)18-9-10-5-7-11(8-6-10)17(23)24/h5-8H,3-4,9H2,1-2H3,(H,18,21)(H,20,22)(H,23,24). The van der Waals surface area contributed by atoms with Gasteiger partial charge in [0.25, 0.3) is 11.5 Å². The Labute approximate surface area is 138 Å². The van der Waals surface area contributed by atoms with Crippen LogP contribution in [0.5, 0.6) is 0 Å². The summed E-state index contributed by atoms with van der Waals surface area (Å²) in [5.41, 5.74) is 1.85. The van der Waals surface area contributed by atoms with E-state index in [1.165, 1.54) is 12.1 Å². The molecule has 0 radical (unpaired) electrons. The van der Waals surface area contributed by atoms with Gasteiger partial charge in [0.1, 0.15) is 5.56 Å². The van der Waals surface area contributed by atoms with Crippen LogP contribution < -0.4 is 10.9 Å². The lowest BCUT2D eigenvalue weighted by atomic mass is 10.0. The average Bonchev–Trinajstić information content (AvgIpc) is 2.59. The van der Waals surface area contributed by atoms with Gasteiger partial charge in [0.05, 0.1) is 11.3 Å². The molecule has 1 aromatic heterocycles. The van der Waals surface area contributed by atoms with E-state index < -0.39 is 17.4 Å². The number of carbonyl (C=O) groups is 2. The monoisotopic (exact) mass is 329 g/mol. The molecule has 0 saturated heterocycles. The summed E-state index contributed by atoms with van der Waals surface area (Å²) in [6, 6.07) is 6.18. The minimum Gasteiger partial charge on any atom is -0.478 e. The van der Waals surface area contributed by atoms with Crippen molar-refractivity contribution in [3.63, 3.8) is 0 Å². The molecule has 1 heterocycles. The number of amides is 1. The third-order valence-electron chi connectivity index (χ3n) is 3.74. The van der Waals surface area contributed by atoms with Gasteiger partial charge in [0, 0.05) is 6.54 Å². The molecule has 2 rings (SSSR count). The Bertz CT molecular complexity index is 810. The fourth-order valence-corrected chi connectivity index (χ4v) is 2.47. The van der Waals surface area contributed by atoms with Crippen LogP contribution in [0.2, 0.25) is 0 Å². The Kier molecular flexibility index (Phi) is 5.47. The molecule has 1 aromatic carbocycles. The lowest BCUT2D eigenvalue weighted by molar-refractivity contribution is 0.0696. The van der Waals surface area contributed by atoms with Gasteiger partial charge in [-0.25, -0.2) is 9.89 Å². The summed E-state index contributed by atoms with van der Waals surface area (Å²) < 4.78 is 0. The van der Waals surface area contributed by atoms with E-state index in [0.717, 1.165) is 5.56 Å². The number of rotatable bonds is 6. The van der Waals surface area contributed by atoms with Crippen molar-refractivity contribution in [2.75, 3.05) is 0 Å². The highest BCUT2D eigenvalue weighted by molar-refractivity contribution is 5.95. The molecular weight excluding hydrogens is 310 g/mol. The van der Waals surface area contributed by atoms with E-state index in [-0.39, 0.29) is 17.7 Å². The summed E-state index contributed by atoms with van der Waals surface area (Å²) in [7, 11) is 0. The van der Waals surface area contributed by atoms with Gasteiger partial charge in [0.2, 0.25) is 0 Å². The molecule has 0 fully saturated rings. The molecule has 24 heavy (non-hydrogen) atoms. The molecule has 0 spiro atoms. The van der Waals surface area contributed by atoms with Crippen molar-refractivity contribution >= 4 is 11.9 Å². The van der Waals surface area contributed by atoms with Crippen LogP contribution in [0.25, 0.3) is 0 Å². The summed E-state index contributed by atoms with van der Waals surface area (Å²) in [5.74, 6) is -1.47. The Hall–Kier alpha value is -2.96. The molecule has 1 amide bonds. The van der Waals surface area contributed by atoms with Crippen LogP contribution in [0.3, 0.4) is 0 Å². The highest BCUT2D eigenvalue weighted by Crippen LogP contribution is 2.11. The van der Waals surface area contributed by atoms with E-state index in [1.807, 2.05) is 13.8 Å². The van der Waals surface area contributed by atoms with Gasteiger partial charge in [-0.05, 0) is 36.1 Å². The first kappa shape index (κ1) is 17.4. The summed E-state index contributed by atoms with van der Waals surface area (Å²) in [6.07, 6.45) is 1.16. The van der Waals surface area contributed by atoms with E-state index in [0.29, 0.717) is 24.1 Å². The summed E-state index contributed by atoms with van der Waals surface area (Å²) >= 11 is 0. The van der Waals surface area contributed by atoms with Crippen LogP contribution in [0, 0.1) is 0 Å². The Morgan fingerprint density at radius 2 is 1.83 bits per heavy atom. The third kappa shape index (κ3) is 3.68. The maximum atomic E-state index is 12.4. The fourth-order valence-electron chi connectivity index (χ4n) is 2.47. The molecule has 3 N–H and O–H groups in total. The minimum atomic E-state index is -1.01. The molecule has 2 aromatic rings. The van der Waals surface area contributed by atoms with Crippen molar-refractivity contribution < 1.29 is 14.7 Å². The summed E-state index contributed by atoms with van der Waals surface area (Å²) in [5, 5.41) is 17.9. The first-order chi connectivity index (χ1) is 11.5. The van der Waals surface area contributed by atoms with Crippen molar-refractivity contribution in [1.82, 2.24) is 15.5 Å². The quantitative estimate of drug-likeness (QED) is 0.744. The van der Waals surface area contributed by atoms with E-state index in [1.54, 1.807) is 12.1 Å². The van der Waals surface area contributed by atoms with Crippen molar-refractivity contribution in [3.8, 4) is 0 Å². The summed E-state index contributed by atoms with van der Waals surface area (Å²) in [4.78, 5) is 35.2. The van der Waals surface area contributed by atoms with Crippen molar-refractivity contribution in [1.29, 1.82) is 0 Å². The number of benzene rings is 1. The minimum absolute atomic E-state index is 0.0894. The second-order valence-corrected chi connectivity index (χ2v) is 5.24. The van der Waals surface area contributed by atoms with Crippen LogP contribution >= 0.6 is 0 Å². The highest BCUT2D eigenvalue weighted by atomic mass is 16.4. The van der Waals surface area contributed by atoms with Crippen LogP contribution in [0.4, 0.5) is 0 Å². The number of nitrogens with one attached hydrogen (secondary N) is 2. The van der Waals surface area contributed by atoms with Crippen LogP contribution in [0.15, 0.2) is 29.1 Å². The maximum Gasteiger partial charge on any atom is 0.335 e. The zero-order valence-corrected chi connectivity index (χ0v) is 13.5. The number of aromatic amines is 1. The number of nitrogens with zero attached hydrogens (tertiary/aromatic N) is 1. The second-order valence-electron chi connectivity index (χ2n) is 5.24. The van der Waals surface area contributed by atoms with Gasteiger partial charge >= 0.3 is 5.97 Å². The van der Waals surface area contributed by atoms with E-state index in [9.17, 15) is 14.4 Å². The normalized spacial score (nSPS) is 10.4. The third-order valence-corrected chi connectivity index (χ3v) is 3.74. The molecular formula is C17H19N3O4. The van der Waals surface area contributed by atoms with Crippen molar-refractivity contribution in [2.24, 2.45) is 0 Å². The molecule has 0 aliphatic heterocycles. The fraction of sp³-hybridized carbons (Fsp3) is 0.294. The Morgan fingerprint density at radius 1 is 1.17 bits per heavy atom. The molecule has 0 saturated carbocycles. The number of carboxylic acid groups (broad SMARTS) is 1. The van der Waals surface area contributed by atoms with Gasteiger partial charge in [-0.3, -0.25) is 9.59 Å². The lowest BCUT2D eigenvalue weighted by Gasteiger charge is -2.11. The molecule has 0 atom stereocenters. The van der Waals surface area contributed by atoms with Gasteiger partial charge in [0.15, 0.2) is 0 Å². The first-order valence-electron chi connectivity index (χ1n) is 7.68. The molecule has 0 aliphatic carbocycles. The largest absolute Gasteiger partial charge is 0.478 e. The number of carboxylic acids is 1. The molecule has 0 bridgehead atoms.